The van der Waals surface area contributed by atoms with Gasteiger partial charge >= 0.3 is 0 Å². The second kappa shape index (κ2) is 9.02. The van der Waals surface area contributed by atoms with Crippen molar-refractivity contribution in [2.75, 3.05) is 39.4 Å². The standard InChI is InChI=1S/C22H31N7O2/c30-21(26-13-17-2-1-6-25-20(17)29-16-24-15-27-29)22-5-3-19(28-8-10-31-11-9-28)12-18(22)4-7-23-14-22/h1-2,6,15-16,18-19,23H,3-5,7-14H2,(H,26,30)/t18-,19-,22-/m1/s1. The molecule has 2 saturated heterocycles. The van der Waals surface area contributed by atoms with Crippen molar-refractivity contribution in [2.45, 2.75) is 38.3 Å². The molecule has 9 heteroatoms. The summed E-state index contributed by atoms with van der Waals surface area (Å²) in [5, 5.41) is 10.9. The number of ether oxygens (including phenoxy) is 1. The van der Waals surface area contributed by atoms with Gasteiger partial charge in [0, 0.05) is 44.0 Å². The first-order valence-corrected chi connectivity index (χ1v) is 11.4. The van der Waals surface area contributed by atoms with E-state index in [2.05, 4.69) is 30.6 Å². The van der Waals surface area contributed by atoms with Crippen molar-refractivity contribution in [1.29, 1.82) is 0 Å². The highest BCUT2D eigenvalue weighted by Gasteiger charge is 2.50. The second-order valence-corrected chi connectivity index (χ2v) is 8.90. The highest BCUT2D eigenvalue weighted by Crippen LogP contribution is 2.46. The van der Waals surface area contributed by atoms with Gasteiger partial charge in [-0.05, 0) is 44.2 Å². The Kier molecular flexibility index (Phi) is 5.97. The number of pyridine rings is 1. The molecule has 166 valence electrons. The minimum absolute atomic E-state index is 0.165. The molecule has 31 heavy (non-hydrogen) atoms. The number of nitrogens with one attached hydrogen (secondary N) is 2. The van der Waals surface area contributed by atoms with Crippen molar-refractivity contribution in [3.05, 3.63) is 36.5 Å². The Balaban J connectivity index is 1.28. The number of piperidine rings is 1. The van der Waals surface area contributed by atoms with Crippen molar-refractivity contribution in [1.82, 2.24) is 35.3 Å². The zero-order chi connectivity index (χ0) is 21.1. The van der Waals surface area contributed by atoms with Crippen LogP contribution in [0.1, 0.15) is 31.2 Å². The Morgan fingerprint density at radius 2 is 2.23 bits per heavy atom. The molecule has 2 aromatic heterocycles. The van der Waals surface area contributed by atoms with E-state index in [1.807, 2.05) is 12.1 Å². The molecule has 0 spiro atoms. The number of hydrogen-bond acceptors (Lipinski definition) is 7. The molecule has 2 N–H and O–H groups in total. The van der Waals surface area contributed by atoms with E-state index >= 15 is 0 Å². The summed E-state index contributed by atoms with van der Waals surface area (Å²) in [7, 11) is 0. The smallest absolute Gasteiger partial charge is 0.228 e. The number of fused-ring (bicyclic) bond motifs is 1. The van der Waals surface area contributed by atoms with Crippen LogP contribution in [-0.4, -0.2) is 76.0 Å². The summed E-state index contributed by atoms with van der Waals surface area (Å²) in [5.41, 5.74) is 0.608. The van der Waals surface area contributed by atoms with Crippen LogP contribution in [0.25, 0.3) is 5.82 Å². The van der Waals surface area contributed by atoms with Crippen LogP contribution in [0.5, 0.6) is 0 Å². The number of amides is 1. The predicted molar refractivity (Wildman–Crippen MR) is 114 cm³/mol. The lowest BCUT2D eigenvalue weighted by Crippen LogP contribution is -2.60. The molecule has 1 saturated carbocycles. The fraction of sp³-hybridized carbons (Fsp3) is 0.636. The summed E-state index contributed by atoms with van der Waals surface area (Å²) >= 11 is 0. The molecule has 3 atom stereocenters. The molecular formula is C22H31N7O2. The van der Waals surface area contributed by atoms with Gasteiger partial charge in [0.05, 0.1) is 18.6 Å². The van der Waals surface area contributed by atoms with Crippen molar-refractivity contribution >= 4 is 5.91 Å². The maximum absolute atomic E-state index is 13.6. The maximum atomic E-state index is 13.6. The third kappa shape index (κ3) is 4.09. The molecule has 1 amide bonds. The van der Waals surface area contributed by atoms with Crippen LogP contribution in [0.15, 0.2) is 31.0 Å². The monoisotopic (exact) mass is 425 g/mol. The van der Waals surface area contributed by atoms with Crippen LogP contribution in [-0.2, 0) is 16.1 Å². The van der Waals surface area contributed by atoms with Crippen LogP contribution in [0, 0.1) is 11.3 Å². The molecular weight excluding hydrogens is 394 g/mol. The number of carbonyl (C=O) groups is 1. The van der Waals surface area contributed by atoms with Gasteiger partial charge in [0.25, 0.3) is 0 Å². The van der Waals surface area contributed by atoms with E-state index in [4.69, 9.17) is 4.74 Å². The van der Waals surface area contributed by atoms with Crippen molar-refractivity contribution in [3.8, 4) is 5.82 Å². The minimum Gasteiger partial charge on any atom is -0.379 e. The van der Waals surface area contributed by atoms with E-state index in [0.29, 0.717) is 24.3 Å². The number of nitrogens with zero attached hydrogens (tertiary/aromatic N) is 5. The maximum Gasteiger partial charge on any atom is 0.228 e. The average Bonchev–Trinajstić information content (AvgIpc) is 3.38. The normalized spacial score (nSPS) is 29.3. The van der Waals surface area contributed by atoms with Crippen LogP contribution in [0.2, 0.25) is 0 Å². The number of aromatic nitrogens is 4. The van der Waals surface area contributed by atoms with Gasteiger partial charge in [-0.2, -0.15) is 5.10 Å². The molecule has 0 radical (unpaired) electrons. The predicted octanol–water partition coefficient (Wildman–Crippen LogP) is 0.759. The topological polar surface area (TPSA) is 97.2 Å². The lowest BCUT2D eigenvalue weighted by Gasteiger charge is -2.50. The molecule has 0 unspecified atom stereocenters. The second-order valence-electron chi connectivity index (χ2n) is 8.90. The van der Waals surface area contributed by atoms with Crippen LogP contribution >= 0.6 is 0 Å². The minimum atomic E-state index is -0.323. The van der Waals surface area contributed by atoms with E-state index in [9.17, 15) is 4.79 Å². The fourth-order valence-corrected chi connectivity index (χ4v) is 5.61. The van der Waals surface area contributed by atoms with Crippen molar-refractivity contribution in [3.63, 3.8) is 0 Å². The third-order valence-corrected chi connectivity index (χ3v) is 7.33. The third-order valence-electron chi connectivity index (χ3n) is 7.33. The first-order chi connectivity index (χ1) is 15.3. The Labute approximate surface area is 182 Å². The number of morpholine rings is 1. The molecule has 0 aromatic carbocycles. The Morgan fingerprint density at radius 3 is 3.06 bits per heavy atom. The lowest BCUT2D eigenvalue weighted by molar-refractivity contribution is -0.140. The van der Waals surface area contributed by atoms with Gasteiger partial charge < -0.3 is 15.4 Å². The average molecular weight is 426 g/mol. The fourth-order valence-electron chi connectivity index (χ4n) is 5.61. The number of rotatable bonds is 5. The molecule has 9 nitrogen and oxygen atoms in total. The van der Waals surface area contributed by atoms with Gasteiger partial charge in [0.1, 0.15) is 12.7 Å². The van der Waals surface area contributed by atoms with Gasteiger partial charge in [-0.1, -0.05) is 6.07 Å². The van der Waals surface area contributed by atoms with Gasteiger partial charge in [-0.15, -0.1) is 0 Å². The largest absolute Gasteiger partial charge is 0.379 e. The van der Waals surface area contributed by atoms with Gasteiger partial charge in [0.15, 0.2) is 5.82 Å². The van der Waals surface area contributed by atoms with Gasteiger partial charge in [-0.25, -0.2) is 14.6 Å². The van der Waals surface area contributed by atoms with Gasteiger partial charge in [-0.3, -0.25) is 9.69 Å². The number of carbonyl (C=O) groups excluding carboxylic acids is 1. The highest BCUT2D eigenvalue weighted by molar-refractivity contribution is 5.83. The molecule has 0 bridgehead atoms. The summed E-state index contributed by atoms with van der Waals surface area (Å²) < 4.78 is 7.17. The SMILES string of the molecule is O=C(NCc1cccnc1-n1cncn1)[C@@]12CC[C@@H](N3CCOCC3)C[C@H]1CCNC2. The molecule has 5 rings (SSSR count). The molecule has 2 aromatic rings. The Hall–Kier alpha value is -2.36. The first-order valence-electron chi connectivity index (χ1n) is 11.4. The summed E-state index contributed by atoms with van der Waals surface area (Å²) in [6.07, 6.45) is 9.01. The molecule has 4 heterocycles. The first kappa shape index (κ1) is 20.5. The quantitative estimate of drug-likeness (QED) is 0.730. The molecule has 2 aliphatic heterocycles. The Morgan fingerprint density at radius 1 is 1.32 bits per heavy atom. The van der Waals surface area contributed by atoms with Crippen molar-refractivity contribution < 1.29 is 9.53 Å². The van der Waals surface area contributed by atoms with Crippen LogP contribution in [0.4, 0.5) is 0 Å². The van der Waals surface area contributed by atoms with Crippen LogP contribution < -0.4 is 10.6 Å². The van der Waals surface area contributed by atoms with Gasteiger partial charge in [0.2, 0.25) is 5.91 Å². The number of hydrogen-bond donors (Lipinski definition) is 2. The summed E-state index contributed by atoms with van der Waals surface area (Å²) in [4.78, 5) is 24.6. The summed E-state index contributed by atoms with van der Waals surface area (Å²) in [6.45, 7) is 5.88. The summed E-state index contributed by atoms with van der Waals surface area (Å²) in [5.74, 6) is 1.28. The lowest BCUT2D eigenvalue weighted by atomic mass is 9.61. The van der Waals surface area contributed by atoms with Crippen molar-refractivity contribution in [2.24, 2.45) is 11.3 Å². The highest BCUT2D eigenvalue weighted by atomic mass is 16.5. The van der Waals surface area contributed by atoms with E-state index in [0.717, 1.165) is 70.6 Å². The zero-order valence-corrected chi connectivity index (χ0v) is 17.9. The van der Waals surface area contributed by atoms with E-state index in [-0.39, 0.29) is 11.3 Å². The zero-order valence-electron chi connectivity index (χ0n) is 17.9. The van der Waals surface area contributed by atoms with Crippen LogP contribution in [0.3, 0.4) is 0 Å². The molecule has 3 aliphatic rings. The van der Waals surface area contributed by atoms with E-state index in [1.165, 1.54) is 6.33 Å². The molecule has 3 fully saturated rings. The Bertz CT molecular complexity index is 884. The summed E-state index contributed by atoms with van der Waals surface area (Å²) in [6, 6.07) is 4.44. The van der Waals surface area contributed by atoms with E-state index < -0.39 is 0 Å². The molecule has 1 aliphatic carbocycles. The van der Waals surface area contributed by atoms with E-state index in [1.54, 1.807) is 17.2 Å².